The number of para-hydroxylation sites is 1. The molecule has 0 aliphatic carbocycles. The van der Waals surface area contributed by atoms with Crippen molar-refractivity contribution in [3.05, 3.63) is 63.9 Å². The number of nitrogens with zero attached hydrogens (tertiary/aromatic N) is 2. The predicted molar refractivity (Wildman–Crippen MR) is 102 cm³/mol. The molecule has 25 heavy (non-hydrogen) atoms. The third-order valence-electron chi connectivity index (χ3n) is 4.17. The molecule has 0 bridgehead atoms. The molecule has 0 aliphatic heterocycles. The van der Waals surface area contributed by atoms with Crippen LogP contribution in [0.3, 0.4) is 0 Å². The molecule has 5 nitrogen and oxygen atoms in total. The summed E-state index contributed by atoms with van der Waals surface area (Å²) in [6.45, 7) is 4.00. The Morgan fingerprint density at radius 2 is 1.92 bits per heavy atom. The highest BCUT2D eigenvalue weighted by molar-refractivity contribution is 7.99. The Hall–Kier alpha value is -2.60. The zero-order chi connectivity index (χ0) is 18.0. The zero-order valence-electron chi connectivity index (χ0n) is 14.4. The van der Waals surface area contributed by atoms with Crippen LogP contribution in [0.2, 0.25) is 0 Å². The minimum atomic E-state index is -0.126. The third kappa shape index (κ3) is 3.30. The number of aromatic nitrogens is 2. The van der Waals surface area contributed by atoms with Crippen LogP contribution >= 0.6 is 11.8 Å². The fourth-order valence-corrected chi connectivity index (χ4v) is 3.48. The number of aryl methyl sites for hydroxylation is 1. The van der Waals surface area contributed by atoms with Gasteiger partial charge in [0.25, 0.3) is 5.56 Å². The molecule has 3 rings (SSSR count). The Labute approximate surface area is 150 Å². The van der Waals surface area contributed by atoms with E-state index in [1.807, 2.05) is 50.2 Å². The summed E-state index contributed by atoms with van der Waals surface area (Å²) in [7, 11) is 1.59. The standard InChI is InChI=1S/C19H19N3O2S/c1-12-7-6-10-16(13(12)2)22-18(24)14-8-4-5-9-15(14)21-19(22)25-11-17(23)20-3/h4-10H,11H2,1-3H3,(H,20,23). The lowest BCUT2D eigenvalue weighted by molar-refractivity contribution is -0.118. The van der Waals surface area contributed by atoms with Gasteiger partial charge in [-0.3, -0.25) is 14.2 Å². The van der Waals surface area contributed by atoms with Crippen LogP contribution in [0.15, 0.2) is 52.4 Å². The number of benzene rings is 2. The fourth-order valence-electron chi connectivity index (χ4n) is 2.60. The fraction of sp³-hybridized carbons (Fsp3) is 0.211. The van der Waals surface area contributed by atoms with Crippen LogP contribution in [-0.2, 0) is 4.79 Å². The monoisotopic (exact) mass is 353 g/mol. The molecule has 1 heterocycles. The van der Waals surface area contributed by atoms with Crippen LogP contribution in [0.4, 0.5) is 0 Å². The molecular formula is C19H19N3O2S. The van der Waals surface area contributed by atoms with Crippen molar-refractivity contribution in [3.8, 4) is 5.69 Å². The average Bonchev–Trinajstić information content (AvgIpc) is 2.62. The highest BCUT2D eigenvalue weighted by Crippen LogP contribution is 2.24. The van der Waals surface area contributed by atoms with Gasteiger partial charge in [-0.05, 0) is 43.2 Å². The second kappa shape index (κ2) is 7.11. The van der Waals surface area contributed by atoms with Gasteiger partial charge in [-0.1, -0.05) is 36.0 Å². The smallest absolute Gasteiger partial charge is 0.266 e. The van der Waals surface area contributed by atoms with Crippen molar-refractivity contribution >= 4 is 28.6 Å². The van der Waals surface area contributed by atoms with Crippen molar-refractivity contribution < 1.29 is 4.79 Å². The van der Waals surface area contributed by atoms with Gasteiger partial charge < -0.3 is 5.32 Å². The van der Waals surface area contributed by atoms with Crippen molar-refractivity contribution in [2.75, 3.05) is 12.8 Å². The van der Waals surface area contributed by atoms with E-state index in [2.05, 4.69) is 10.3 Å². The van der Waals surface area contributed by atoms with Gasteiger partial charge in [0.05, 0.1) is 22.3 Å². The molecule has 0 unspecified atom stereocenters. The lowest BCUT2D eigenvalue weighted by Crippen LogP contribution is -2.24. The van der Waals surface area contributed by atoms with Gasteiger partial charge >= 0.3 is 0 Å². The molecule has 3 aromatic rings. The number of amides is 1. The van der Waals surface area contributed by atoms with E-state index in [-0.39, 0.29) is 17.2 Å². The number of fused-ring (bicyclic) bond motifs is 1. The maximum absolute atomic E-state index is 13.1. The van der Waals surface area contributed by atoms with Crippen molar-refractivity contribution in [1.82, 2.24) is 14.9 Å². The topological polar surface area (TPSA) is 64.0 Å². The Balaban J connectivity index is 2.27. The number of thioether (sulfide) groups is 1. The van der Waals surface area contributed by atoms with Gasteiger partial charge in [-0.15, -0.1) is 0 Å². The van der Waals surface area contributed by atoms with Gasteiger partial charge in [-0.25, -0.2) is 4.98 Å². The summed E-state index contributed by atoms with van der Waals surface area (Å²) in [6.07, 6.45) is 0. The number of hydrogen-bond acceptors (Lipinski definition) is 4. The van der Waals surface area contributed by atoms with E-state index in [1.54, 1.807) is 17.7 Å². The summed E-state index contributed by atoms with van der Waals surface area (Å²) in [5, 5.41) is 3.67. The first-order chi connectivity index (χ1) is 12.0. The Morgan fingerprint density at radius 1 is 1.16 bits per heavy atom. The molecule has 0 saturated carbocycles. The molecule has 2 aromatic carbocycles. The molecule has 0 atom stereocenters. The van der Waals surface area contributed by atoms with E-state index in [1.165, 1.54) is 11.8 Å². The quantitative estimate of drug-likeness (QED) is 0.579. The predicted octanol–water partition coefficient (Wildman–Crippen LogP) is 2.84. The van der Waals surface area contributed by atoms with Crippen LogP contribution in [0.25, 0.3) is 16.6 Å². The molecule has 0 spiro atoms. The molecule has 1 aromatic heterocycles. The van der Waals surface area contributed by atoms with E-state index >= 15 is 0 Å². The van der Waals surface area contributed by atoms with E-state index in [0.29, 0.717) is 16.1 Å². The normalized spacial score (nSPS) is 10.8. The lowest BCUT2D eigenvalue weighted by Gasteiger charge is -2.16. The molecular weight excluding hydrogens is 334 g/mol. The lowest BCUT2D eigenvalue weighted by atomic mass is 10.1. The van der Waals surface area contributed by atoms with Gasteiger partial charge in [0.15, 0.2) is 5.16 Å². The number of carbonyl (C=O) groups excluding carboxylic acids is 1. The molecule has 0 radical (unpaired) electrons. The van der Waals surface area contributed by atoms with E-state index < -0.39 is 0 Å². The molecule has 1 N–H and O–H groups in total. The van der Waals surface area contributed by atoms with Gasteiger partial charge in [0.1, 0.15) is 0 Å². The zero-order valence-corrected chi connectivity index (χ0v) is 15.2. The molecule has 0 saturated heterocycles. The number of nitrogens with one attached hydrogen (secondary N) is 1. The van der Waals surface area contributed by atoms with Gasteiger partial charge in [0, 0.05) is 7.05 Å². The van der Waals surface area contributed by atoms with Crippen LogP contribution in [0.1, 0.15) is 11.1 Å². The molecule has 0 fully saturated rings. The second-order valence-electron chi connectivity index (χ2n) is 5.73. The average molecular weight is 353 g/mol. The van der Waals surface area contributed by atoms with Crippen molar-refractivity contribution in [3.63, 3.8) is 0 Å². The Bertz CT molecular complexity index is 1010. The maximum atomic E-state index is 13.1. The Kier molecular flexibility index (Phi) is 4.90. The van der Waals surface area contributed by atoms with Gasteiger partial charge in [0.2, 0.25) is 5.91 Å². The van der Waals surface area contributed by atoms with E-state index in [9.17, 15) is 9.59 Å². The third-order valence-corrected chi connectivity index (χ3v) is 5.11. The summed E-state index contributed by atoms with van der Waals surface area (Å²) >= 11 is 1.26. The van der Waals surface area contributed by atoms with Crippen LogP contribution < -0.4 is 10.9 Å². The van der Waals surface area contributed by atoms with Crippen LogP contribution in [-0.4, -0.2) is 28.3 Å². The van der Waals surface area contributed by atoms with Gasteiger partial charge in [-0.2, -0.15) is 0 Å². The van der Waals surface area contributed by atoms with E-state index in [4.69, 9.17) is 0 Å². The van der Waals surface area contributed by atoms with Crippen LogP contribution in [0.5, 0.6) is 0 Å². The molecule has 0 aliphatic rings. The maximum Gasteiger partial charge on any atom is 0.266 e. The molecule has 6 heteroatoms. The summed E-state index contributed by atoms with van der Waals surface area (Å²) < 4.78 is 1.61. The number of hydrogen-bond donors (Lipinski definition) is 1. The number of rotatable bonds is 4. The van der Waals surface area contributed by atoms with Crippen molar-refractivity contribution in [2.24, 2.45) is 0 Å². The highest BCUT2D eigenvalue weighted by atomic mass is 32.2. The van der Waals surface area contributed by atoms with Crippen molar-refractivity contribution in [2.45, 2.75) is 19.0 Å². The first kappa shape index (κ1) is 17.2. The summed E-state index contributed by atoms with van der Waals surface area (Å²) in [6, 6.07) is 13.1. The number of carbonyl (C=O) groups is 1. The first-order valence-corrected chi connectivity index (χ1v) is 8.93. The minimum Gasteiger partial charge on any atom is -0.358 e. The molecule has 128 valence electrons. The molecule has 1 amide bonds. The first-order valence-electron chi connectivity index (χ1n) is 7.94. The summed E-state index contributed by atoms with van der Waals surface area (Å²) in [4.78, 5) is 29.4. The highest BCUT2D eigenvalue weighted by Gasteiger charge is 2.16. The minimum absolute atomic E-state index is 0.111. The summed E-state index contributed by atoms with van der Waals surface area (Å²) in [5.41, 5.74) is 3.41. The van der Waals surface area contributed by atoms with E-state index in [0.717, 1.165) is 16.8 Å². The second-order valence-corrected chi connectivity index (χ2v) is 6.68. The summed E-state index contributed by atoms with van der Waals surface area (Å²) in [5.74, 6) is 0.0894. The SMILES string of the molecule is CNC(=O)CSc1nc2ccccc2c(=O)n1-c1cccc(C)c1C. The van der Waals surface area contributed by atoms with Crippen LogP contribution in [0, 0.1) is 13.8 Å². The van der Waals surface area contributed by atoms with Crippen molar-refractivity contribution in [1.29, 1.82) is 0 Å². The largest absolute Gasteiger partial charge is 0.358 e. The Morgan fingerprint density at radius 3 is 2.68 bits per heavy atom.